The summed E-state index contributed by atoms with van der Waals surface area (Å²) in [6.45, 7) is 8.37. The van der Waals surface area contributed by atoms with Gasteiger partial charge in [-0.05, 0) is 18.9 Å². The zero-order valence-electron chi connectivity index (χ0n) is 9.92. The zero-order chi connectivity index (χ0) is 11.1. The number of rotatable bonds is 7. The van der Waals surface area contributed by atoms with Gasteiger partial charge in [-0.15, -0.1) is 0 Å². The Morgan fingerprint density at radius 3 is 2.80 bits per heavy atom. The largest absolute Gasteiger partial charge is 0.339 e. The molecule has 1 heterocycles. The number of aromatic nitrogens is 2. The van der Waals surface area contributed by atoms with E-state index in [9.17, 15) is 0 Å². The van der Waals surface area contributed by atoms with Crippen molar-refractivity contribution in [1.82, 2.24) is 15.5 Å². The Kier molecular flexibility index (Phi) is 5.32. The summed E-state index contributed by atoms with van der Waals surface area (Å²) < 4.78 is 5.14. The number of likely N-dealkylation sites (N-methyl/N-ethyl adjacent to an activating group) is 1. The fourth-order valence-corrected chi connectivity index (χ4v) is 1.28. The van der Waals surface area contributed by atoms with Crippen LogP contribution in [0.2, 0.25) is 0 Å². The van der Waals surface area contributed by atoms with E-state index in [1.807, 2.05) is 0 Å². The summed E-state index contributed by atoms with van der Waals surface area (Å²) in [5.74, 6) is 2.28. The van der Waals surface area contributed by atoms with Gasteiger partial charge >= 0.3 is 0 Å². The molecule has 0 bridgehead atoms. The van der Waals surface area contributed by atoms with Crippen LogP contribution in [0.25, 0.3) is 0 Å². The third kappa shape index (κ3) is 4.93. The Morgan fingerprint density at radius 2 is 2.13 bits per heavy atom. The molecule has 0 unspecified atom stereocenters. The van der Waals surface area contributed by atoms with Crippen LogP contribution in [0, 0.1) is 5.92 Å². The zero-order valence-corrected chi connectivity index (χ0v) is 9.92. The minimum atomic E-state index is 0.689. The average molecular weight is 211 g/mol. The Morgan fingerprint density at radius 1 is 1.33 bits per heavy atom. The molecule has 1 aromatic heterocycles. The molecule has 0 atom stereocenters. The molecule has 0 aliphatic carbocycles. The predicted octanol–water partition coefficient (Wildman–Crippen LogP) is 1.81. The number of hydrogen-bond acceptors (Lipinski definition) is 4. The number of nitrogens with zero attached hydrogens (tertiary/aromatic N) is 2. The lowest BCUT2D eigenvalue weighted by Crippen LogP contribution is -2.16. The molecular weight excluding hydrogens is 190 g/mol. The van der Waals surface area contributed by atoms with Gasteiger partial charge in [-0.3, -0.25) is 0 Å². The lowest BCUT2D eigenvalue weighted by Gasteiger charge is -1.98. The average Bonchev–Trinajstić information content (AvgIpc) is 2.63. The number of aryl methyl sites for hydroxylation is 1. The van der Waals surface area contributed by atoms with Gasteiger partial charge in [0, 0.05) is 19.4 Å². The number of nitrogens with one attached hydrogen (secondary N) is 1. The van der Waals surface area contributed by atoms with Crippen LogP contribution in [0.3, 0.4) is 0 Å². The van der Waals surface area contributed by atoms with Crippen LogP contribution in [0.1, 0.15) is 38.9 Å². The molecule has 15 heavy (non-hydrogen) atoms. The molecule has 0 aliphatic heterocycles. The van der Waals surface area contributed by atoms with Crippen molar-refractivity contribution < 1.29 is 4.52 Å². The Labute approximate surface area is 91.5 Å². The summed E-state index contributed by atoms with van der Waals surface area (Å²) in [7, 11) is 0. The molecule has 1 aromatic rings. The molecule has 0 spiro atoms. The molecule has 0 aromatic carbocycles. The van der Waals surface area contributed by atoms with Crippen molar-refractivity contribution in [3.8, 4) is 0 Å². The van der Waals surface area contributed by atoms with Crippen LogP contribution in [0.4, 0.5) is 0 Å². The van der Waals surface area contributed by atoms with Gasteiger partial charge in [-0.1, -0.05) is 25.9 Å². The molecule has 0 aliphatic rings. The minimum absolute atomic E-state index is 0.689. The van der Waals surface area contributed by atoms with Crippen LogP contribution in [0.5, 0.6) is 0 Å². The lowest BCUT2D eigenvalue weighted by molar-refractivity contribution is 0.370. The smallest absolute Gasteiger partial charge is 0.227 e. The van der Waals surface area contributed by atoms with Crippen LogP contribution >= 0.6 is 0 Å². The van der Waals surface area contributed by atoms with E-state index >= 15 is 0 Å². The van der Waals surface area contributed by atoms with Crippen molar-refractivity contribution in [3.05, 3.63) is 11.7 Å². The normalized spacial score (nSPS) is 11.2. The number of hydrogen-bond donors (Lipinski definition) is 1. The van der Waals surface area contributed by atoms with E-state index in [0.717, 1.165) is 44.1 Å². The van der Waals surface area contributed by atoms with Gasteiger partial charge in [0.2, 0.25) is 5.89 Å². The van der Waals surface area contributed by atoms with Gasteiger partial charge in [-0.25, -0.2) is 0 Å². The molecule has 4 heteroatoms. The molecule has 0 amide bonds. The fourth-order valence-electron chi connectivity index (χ4n) is 1.28. The summed E-state index contributed by atoms with van der Waals surface area (Å²) in [6, 6.07) is 0. The lowest BCUT2D eigenvalue weighted by atomic mass is 10.1. The third-order valence-electron chi connectivity index (χ3n) is 2.22. The molecule has 1 rings (SSSR count). The van der Waals surface area contributed by atoms with Crippen LogP contribution in [-0.2, 0) is 12.8 Å². The summed E-state index contributed by atoms with van der Waals surface area (Å²) in [5, 5.41) is 7.18. The van der Waals surface area contributed by atoms with Crippen molar-refractivity contribution in [3.63, 3.8) is 0 Å². The van der Waals surface area contributed by atoms with Gasteiger partial charge in [-0.2, -0.15) is 4.98 Å². The first kappa shape index (κ1) is 12.2. The van der Waals surface area contributed by atoms with E-state index in [1.165, 1.54) is 0 Å². The molecule has 0 saturated heterocycles. The Bertz CT molecular complexity index is 271. The van der Waals surface area contributed by atoms with Crippen molar-refractivity contribution in [2.45, 2.75) is 40.0 Å². The summed E-state index contributed by atoms with van der Waals surface area (Å²) in [5.41, 5.74) is 0. The van der Waals surface area contributed by atoms with Crippen molar-refractivity contribution >= 4 is 0 Å². The second-order valence-electron chi connectivity index (χ2n) is 4.14. The van der Waals surface area contributed by atoms with Gasteiger partial charge < -0.3 is 9.84 Å². The second kappa shape index (κ2) is 6.56. The van der Waals surface area contributed by atoms with Crippen molar-refractivity contribution in [1.29, 1.82) is 0 Å². The molecule has 86 valence electrons. The predicted molar refractivity (Wildman–Crippen MR) is 59.7 cm³/mol. The summed E-state index contributed by atoms with van der Waals surface area (Å²) >= 11 is 0. The highest BCUT2D eigenvalue weighted by Crippen LogP contribution is 2.06. The maximum Gasteiger partial charge on any atom is 0.227 e. The molecule has 4 nitrogen and oxygen atoms in total. The molecule has 0 fully saturated rings. The first-order valence-electron chi connectivity index (χ1n) is 5.74. The van der Waals surface area contributed by atoms with E-state index < -0.39 is 0 Å². The van der Waals surface area contributed by atoms with Gasteiger partial charge in [0.05, 0.1) is 0 Å². The van der Waals surface area contributed by atoms with E-state index in [4.69, 9.17) is 4.52 Å². The first-order valence-corrected chi connectivity index (χ1v) is 5.74. The highest BCUT2D eigenvalue weighted by molar-refractivity contribution is 4.87. The summed E-state index contributed by atoms with van der Waals surface area (Å²) in [4.78, 5) is 4.34. The highest BCUT2D eigenvalue weighted by Gasteiger charge is 2.06. The molecular formula is C11H21N3O. The second-order valence-corrected chi connectivity index (χ2v) is 4.14. The topological polar surface area (TPSA) is 51.0 Å². The summed E-state index contributed by atoms with van der Waals surface area (Å²) in [6.07, 6.45) is 2.86. The maximum atomic E-state index is 5.14. The van der Waals surface area contributed by atoms with Crippen LogP contribution < -0.4 is 5.32 Å². The van der Waals surface area contributed by atoms with E-state index in [2.05, 4.69) is 36.2 Å². The maximum absolute atomic E-state index is 5.14. The van der Waals surface area contributed by atoms with Crippen molar-refractivity contribution in [2.24, 2.45) is 5.92 Å². The van der Waals surface area contributed by atoms with Gasteiger partial charge in [0.25, 0.3) is 0 Å². The van der Waals surface area contributed by atoms with E-state index in [-0.39, 0.29) is 0 Å². The van der Waals surface area contributed by atoms with Gasteiger partial charge in [0.15, 0.2) is 5.82 Å². The molecule has 1 N–H and O–H groups in total. The third-order valence-corrected chi connectivity index (χ3v) is 2.22. The standard InChI is InChI=1S/C11H21N3O/c1-4-12-8-7-11-13-10(14-15-11)6-5-9(2)3/h9,12H,4-8H2,1-3H3. The SMILES string of the molecule is CCNCCc1nc(CCC(C)C)no1. The first-order chi connectivity index (χ1) is 7.22. The van der Waals surface area contributed by atoms with Gasteiger partial charge in [0.1, 0.15) is 0 Å². The monoisotopic (exact) mass is 211 g/mol. The van der Waals surface area contributed by atoms with E-state index in [0.29, 0.717) is 5.92 Å². The Hall–Kier alpha value is -0.900. The highest BCUT2D eigenvalue weighted by atomic mass is 16.5. The molecule has 0 saturated carbocycles. The van der Waals surface area contributed by atoms with Crippen LogP contribution in [-0.4, -0.2) is 23.2 Å². The van der Waals surface area contributed by atoms with E-state index in [1.54, 1.807) is 0 Å². The molecule has 0 radical (unpaired) electrons. The quantitative estimate of drug-likeness (QED) is 0.699. The van der Waals surface area contributed by atoms with Crippen LogP contribution in [0.15, 0.2) is 4.52 Å². The minimum Gasteiger partial charge on any atom is -0.339 e. The fraction of sp³-hybridized carbons (Fsp3) is 0.818. The van der Waals surface area contributed by atoms with Crippen molar-refractivity contribution in [2.75, 3.05) is 13.1 Å². The Balaban J connectivity index is 2.29.